The third kappa shape index (κ3) is 4.68. The van der Waals surface area contributed by atoms with Crippen LogP contribution in [0, 0.1) is 0 Å². The summed E-state index contributed by atoms with van der Waals surface area (Å²) in [6.07, 6.45) is 3.99. The van der Waals surface area contributed by atoms with Crippen molar-refractivity contribution >= 4 is 49.4 Å². The number of hydrogen-bond acceptors (Lipinski definition) is 6. The molecule has 164 valence electrons. The zero-order valence-electron chi connectivity index (χ0n) is 17.2. The molecule has 32 heavy (non-hydrogen) atoms. The molecule has 0 bridgehead atoms. The van der Waals surface area contributed by atoms with E-state index in [-0.39, 0.29) is 17.4 Å². The quantitative estimate of drug-likeness (QED) is 0.214. The maximum Gasteiger partial charge on any atom is 0.262 e. The number of hydroxylamine groups is 1. The van der Waals surface area contributed by atoms with Crippen LogP contribution in [0.2, 0.25) is 0 Å². The summed E-state index contributed by atoms with van der Waals surface area (Å²) in [7, 11) is 0. The van der Waals surface area contributed by atoms with E-state index >= 15 is 0 Å². The Morgan fingerprint density at radius 3 is 2.62 bits per heavy atom. The van der Waals surface area contributed by atoms with Crippen molar-refractivity contribution < 1.29 is 14.8 Å². The number of carbonyl (C=O) groups excluding carboxylic acids is 2. The topological polar surface area (TPSA) is 113 Å². The maximum absolute atomic E-state index is 13.0. The molecular formula is C23H22N4O4S. The molecule has 0 aliphatic carbocycles. The number of benzene rings is 2. The molecule has 4 aromatic rings. The first kappa shape index (κ1) is 21.7. The van der Waals surface area contributed by atoms with Gasteiger partial charge < -0.3 is 4.57 Å². The number of pyridine rings is 1. The van der Waals surface area contributed by atoms with Gasteiger partial charge in [-0.3, -0.25) is 24.9 Å². The van der Waals surface area contributed by atoms with E-state index in [0.29, 0.717) is 23.5 Å². The Hall–Kier alpha value is -3.56. The van der Waals surface area contributed by atoms with Crippen LogP contribution in [0.3, 0.4) is 0 Å². The number of para-hydroxylation sites is 2. The number of carbonyl (C=O) groups is 2. The standard InChI is InChI=1S/C23H22N4O4S/c28-20(26-31)12-2-1-7-13-27-14-16(21(29)15-8-3-5-10-18(15)27)22(30)25-23-24-17-9-4-6-11-19(17)32-23/h3-6,8-11,14,31H,1-2,7,12-13H2,(H,26,28)(H,24,25,30). The van der Waals surface area contributed by atoms with Crippen LogP contribution in [-0.4, -0.2) is 26.6 Å². The van der Waals surface area contributed by atoms with Crippen LogP contribution in [-0.2, 0) is 11.3 Å². The predicted molar refractivity (Wildman–Crippen MR) is 124 cm³/mol. The van der Waals surface area contributed by atoms with Crippen molar-refractivity contribution in [3.05, 3.63) is 70.5 Å². The molecule has 8 nitrogen and oxygen atoms in total. The normalized spacial score (nSPS) is 11.0. The van der Waals surface area contributed by atoms with Crippen LogP contribution in [0.5, 0.6) is 0 Å². The van der Waals surface area contributed by atoms with Crippen LogP contribution in [0.25, 0.3) is 21.1 Å². The second-order valence-corrected chi connectivity index (χ2v) is 8.40. The van der Waals surface area contributed by atoms with Gasteiger partial charge in [0.1, 0.15) is 5.56 Å². The molecule has 0 spiro atoms. The van der Waals surface area contributed by atoms with Gasteiger partial charge in [-0.1, -0.05) is 42.0 Å². The lowest BCUT2D eigenvalue weighted by atomic mass is 10.1. The van der Waals surface area contributed by atoms with Crippen LogP contribution < -0.4 is 16.2 Å². The molecule has 2 heterocycles. The average Bonchev–Trinajstić information content (AvgIpc) is 3.22. The molecule has 2 aromatic carbocycles. The highest BCUT2D eigenvalue weighted by Gasteiger charge is 2.17. The predicted octanol–water partition coefficient (Wildman–Crippen LogP) is 3.93. The molecular weight excluding hydrogens is 428 g/mol. The first-order valence-corrected chi connectivity index (χ1v) is 11.1. The first-order valence-electron chi connectivity index (χ1n) is 10.3. The molecule has 0 saturated heterocycles. The van der Waals surface area contributed by atoms with E-state index in [1.165, 1.54) is 11.3 Å². The molecule has 0 aliphatic heterocycles. The second-order valence-electron chi connectivity index (χ2n) is 7.37. The number of nitrogens with zero attached hydrogens (tertiary/aromatic N) is 2. The molecule has 0 unspecified atom stereocenters. The molecule has 2 aromatic heterocycles. The molecule has 9 heteroatoms. The highest BCUT2D eigenvalue weighted by molar-refractivity contribution is 7.22. The van der Waals surface area contributed by atoms with Gasteiger partial charge in [-0.2, -0.15) is 0 Å². The summed E-state index contributed by atoms with van der Waals surface area (Å²) in [5, 5.41) is 12.2. The lowest BCUT2D eigenvalue weighted by Crippen LogP contribution is -2.24. The van der Waals surface area contributed by atoms with Crippen molar-refractivity contribution in [1.29, 1.82) is 0 Å². The fourth-order valence-corrected chi connectivity index (χ4v) is 4.44. The number of aryl methyl sites for hydroxylation is 1. The van der Waals surface area contributed by atoms with E-state index in [9.17, 15) is 14.4 Å². The lowest BCUT2D eigenvalue weighted by molar-refractivity contribution is -0.129. The Bertz CT molecular complexity index is 1310. The van der Waals surface area contributed by atoms with Crippen LogP contribution >= 0.6 is 11.3 Å². The summed E-state index contributed by atoms with van der Waals surface area (Å²) in [5.74, 6) is -0.902. The average molecular weight is 451 g/mol. The minimum atomic E-state index is -0.492. The number of fused-ring (bicyclic) bond motifs is 2. The zero-order chi connectivity index (χ0) is 22.5. The molecule has 0 radical (unpaired) electrons. The minimum Gasteiger partial charge on any atom is -0.346 e. The number of aromatic nitrogens is 2. The monoisotopic (exact) mass is 450 g/mol. The van der Waals surface area contributed by atoms with E-state index in [0.717, 1.165) is 28.6 Å². The van der Waals surface area contributed by atoms with Gasteiger partial charge in [-0.25, -0.2) is 10.5 Å². The number of hydrogen-bond donors (Lipinski definition) is 3. The number of anilines is 1. The smallest absolute Gasteiger partial charge is 0.262 e. The van der Waals surface area contributed by atoms with E-state index in [4.69, 9.17) is 5.21 Å². The van der Waals surface area contributed by atoms with Crippen LogP contribution in [0.15, 0.2) is 59.5 Å². The number of amides is 2. The molecule has 0 atom stereocenters. The Morgan fingerprint density at radius 1 is 1.03 bits per heavy atom. The van der Waals surface area contributed by atoms with Gasteiger partial charge in [0.05, 0.1) is 15.7 Å². The number of nitrogens with one attached hydrogen (secondary N) is 2. The van der Waals surface area contributed by atoms with Gasteiger partial charge in [-0.05, 0) is 37.1 Å². The van der Waals surface area contributed by atoms with Crippen molar-refractivity contribution in [2.75, 3.05) is 5.32 Å². The summed E-state index contributed by atoms with van der Waals surface area (Å²) in [6.45, 7) is 0.586. The van der Waals surface area contributed by atoms with Gasteiger partial charge in [-0.15, -0.1) is 0 Å². The Balaban J connectivity index is 1.56. The van der Waals surface area contributed by atoms with Gasteiger partial charge in [0, 0.05) is 24.5 Å². The fourth-order valence-electron chi connectivity index (χ4n) is 3.58. The number of rotatable bonds is 8. The summed E-state index contributed by atoms with van der Waals surface area (Å²) in [4.78, 5) is 41.5. The first-order chi connectivity index (χ1) is 15.6. The minimum absolute atomic E-state index is 0.0580. The van der Waals surface area contributed by atoms with E-state index in [2.05, 4.69) is 10.3 Å². The second kappa shape index (κ2) is 9.71. The van der Waals surface area contributed by atoms with Crippen LogP contribution in [0.4, 0.5) is 5.13 Å². The highest BCUT2D eigenvalue weighted by atomic mass is 32.1. The molecule has 0 aliphatic rings. The van der Waals surface area contributed by atoms with Gasteiger partial charge in [0.25, 0.3) is 5.91 Å². The highest BCUT2D eigenvalue weighted by Crippen LogP contribution is 2.25. The van der Waals surface area contributed by atoms with Gasteiger partial charge in [0.15, 0.2) is 5.13 Å². The molecule has 2 amide bonds. The summed E-state index contributed by atoms with van der Waals surface area (Å²) in [5.41, 5.74) is 2.90. The fraction of sp³-hybridized carbons (Fsp3) is 0.217. The molecule has 0 saturated carbocycles. The van der Waals surface area contributed by atoms with Crippen molar-refractivity contribution in [2.45, 2.75) is 32.2 Å². The maximum atomic E-state index is 13.0. The summed E-state index contributed by atoms with van der Waals surface area (Å²) < 4.78 is 2.85. The summed E-state index contributed by atoms with van der Waals surface area (Å²) in [6, 6.07) is 14.8. The van der Waals surface area contributed by atoms with Gasteiger partial charge >= 0.3 is 0 Å². The molecule has 0 fully saturated rings. The largest absolute Gasteiger partial charge is 0.346 e. The van der Waals surface area contributed by atoms with Crippen molar-refractivity contribution in [1.82, 2.24) is 15.0 Å². The lowest BCUT2D eigenvalue weighted by Gasteiger charge is -2.13. The Labute approximate surface area is 187 Å². The van der Waals surface area contributed by atoms with Crippen molar-refractivity contribution in [3.8, 4) is 0 Å². The third-order valence-electron chi connectivity index (χ3n) is 5.17. The Morgan fingerprint density at radius 2 is 1.81 bits per heavy atom. The zero-order valence-corrected chi connectivity index (χ0v) is 18.0. The number of unbranched alkanes of at least 4 members (excludes halogenated alkanes) is 2. The van der Waals surface area contributed by atoms with Crippen LogP contribution in [0.1, 0.15) is 36.0 Å². The van der Waals surface area contributed by atoms with Crippen molar-refractivity contribution in [2.24, 2.45) is 0 Å². The molecule has 4 rings (SSSR count). The van der Waals surface area contributed by atoms with Crippen molar-refractivity contribution in [3.63, 3.8) is 0 Å². The van der Waals surface area contributed by atoms with E-state index in [1.807, 2.05) is 41.0 Å². The third-order valence-corrected chi connectivity index (χ3v) is 6.13. The number of thiazole rings is 1. The van der Waals surface area contributed by atoms with E-state index in [1.54, 1.807) is 23.8 Å². The van der Waals surface area contributed by atoms with Gasteiger partial charge in [0.2, 0.25) is 11.3 Å². The molecule has 3 N–H and O–H groups in total. The SMILES string of the molecule is O=C(CCCCCn1cc(C(=O)Nc2nc3ccccc3s2)c(=O)c2ccccc21)NO. The van der Waals surface area contributed by atoms with E-state index < -0.39 is 11.8 Å². The Kier molecular flexibility index (Phi) is 6.58. The summed E-state index contributed by atoms with van der Waals surface area (Å²) >= 11 is 1.36.